The summed E-state index contributed by atoms with van der Waals surface area (Å²) in [5, 5.41) is 0. The summed E-state index contributed by atoms with van der Waals surface area (Å²) in [6, 6.07) is 3.29. The highest BCUT2D eigenvalue weighted by atomic mass is 32.2. The SMILES string of the molecule is CN(C)c1ccc(S(=O)(=O)N(C)Cc2cn3c(n2)CCCC3)cn1. The van der Waals surface area contributed by atoms with Crippen molar-refractivity contribution in [3.8, 4) is 0 Å². The second-order valence-electron chi connectivity index (χ2n) is 6.31. The maximum absolute atomic E-state index is 12.7. The largest absolute Gasteiger partial charge is 0.363 e. The summed E-state index contributed by atoms with van der Waals surface area (Å²) in [5.74, 6) is 1.78. The summed E-state index contributed by atoms with van der Waals surface area (Å²) < 4.78 is 28.9. The Morgan fingerprint density at radius 3 is 2.62 bits per heavy atom. The molecule has 2 aromatic rings. The smallest absolute Gasteiger partial charge is 0.244 e. The van der Waals surface area contributed by atoms with E-state index in [9.17, 15) is 8.42 Å². The van der Waals surface area contributed by atoms with Crippen molar-refractivity contribution in [2.75, 3.05) is 26.0 Å². The number of sulfonamides is 1. The molecule has 130 valence electrons. The van der Waals surface area contributed by atoms with Crippen LogP contribution in [0.25, 0.3) is 0 Å². The van der Waals surface area contributed by atoms with Crippen LogP contribution in [0.4, 0.5) is 5.82 Å². The van der Waals surface area contributed by atoms with Gasteiger partial charge < -0.3 is 9.47 Å². The van der Waals surface area contributed by atoms with Gasteiger partial charge in [-0.2, -0.15) is 4.31 Å². The topological polar surface area (TPSA) is 71.3 Å². The van der Waals surface area contributed by atoms with Crippen LogP contribution in [0.5, 0.6) is 0 Å². The molecule has 0 fully saturated rings. The Labute approximate surface area is 143 Å². The van der Waals surface area contributed by atoms with Gasteiger partial charge in [0.2, 0.25) is 10.0 Å². The van der Waals surface area contributed by atoms with Crippen molar-refractivity contribution in [3.05, 3.63) is 36.0 Å². The fourth-order valence-electron chi connectivity index (χ4n) is 2.83. The van der Waals surface area contributed by atoms with Gasteiger partial charge in [0, 0.05) is 46.5 Å². The van der Waals surface area contributed by atoms with E-state index in [4.69, 9.17) is 0 Å². The maximum atomic E-state index is 12.7. The van der Waals surface area contributed by atoms with Crippen molar-refractivity contribution in [1.82, 2.24) is 18.8 Å². The van der Waals surface area contributed by atoms with Crippen LogP contribution in [-0.4, -0.2) is 48.4 Å². The van der Waals surface area contributed by atoms with Gasteiger partial charge in [0.25, 0.3) is 0 Å². The molecule has 0 saturated carbocycles. The molecule has 0 bridgehead atoms. The number of fused-ring (bicyclic) bond motifs is 1. The molecule has 0 saturated heterocycles. The first-order valence-corrected chi connectivity index (χ1v) is 9.46. The van der Waals surface area contributed by atoms with Gasteiger partial charge in [0.05, 0.1) is 12.2 Å². The molecule has 0 radical (unpaired) electrons. The van der Waals surface area contributed by atoms with E-state index in [0.29, 0.717) is 0 Å². The Balaban J connectivity index is 1.77. The number of hydrogen-bond acceptors (Lipinski definition) is 5. The minimum atomic E-state index is -3.58. The molecule has 0 spiro atoms. The fourth-order valence-corrected chi connectivity index (χ4v) is 3.92. The Hall–Kier alpha value is -1.93. The number of pyridine rings is 1. The van der Waals surface area contributed by atoms with E-state index in [1.807, 2.05) is 25.2 Å². The zero-order chi connectivity index (χ0) is 17.3. The van der Waals surface area contributed by atoms with Crippen LogP contribution in [0.15, 0.2) is 29.4 Å². The van der Waals surface area contributed by atoms with Crippen molar-refractivity contribution >= 4 is 15.8 Å². The molecular formula is C16H23N5O2S. The lowest BCUT2D eigenvalue weighted by molar-refractivity contribution is 0.462. The lowest BCUT2D eigenvalue weighted by Crippen LogP contribution is -2.27. The molecule has 0 unspecified atom stereocenters. The minimum Gasteiger partial charge on any atom is -0.363 e. The maximum Gasteiger partial charge on any atom is 0.244 e. The molecule has 1 aliphatic rings. The van der Waals surface area contributed by atoms with Gasteiger partial charge >= 0.3 is 0 Å². The molecule has 2 aromatic heterocycles. The quantitative estimate of drug-likeness (QED) is 0.818. The molecule has 1 aliphatic heterocycles. The number of nitrogens with zero attached hydrogens (tertiary/aromatic N) is 5. The number of anilines is 1. The predicted molar refractivity (Wildman–Crippen MR) is 92.4 cm³/mol. The van der Waals surface area contributed by atoms with E-state index in [-0.39, 0.29) is 11.4 Å². The fraction of sp³-hybridized carbons (Fsp3) is 0.500. The first-order chi connectivity index (χ1) is 11.4. The summed E-state index contributed by atoms with van der Waals surface area (Å²) >= 11 is 0. The van der Waals surface area contributed by atoms with Crippen molar-refractivity contribution in [1.29, 1.82) is 0 Å². The van der Waals surface area contributed by atoms with Crippen LogP contribution in [0.1, 0.15) is 24.4 Å². The lowest BCUT2D eigenvalue weighted by atomic mass is 10.2. The Bertz CT molecular complexity index is 788. The van der Waals surface area contributed by atoms with E-state index in [2.05, 4.69) is 14.5 Å². The Morgan fingerprint density at radius 1 is 1.21 bits per heavy atom. The van der Waals surface area contributed by atoms with Gasteiger partial charge in [-0.05, 0) is 25.0 Å². The van der Waals surface area contributed by atoms with E-state index in [1.54, 1.807) is 19.2 Å². The first kappa shape index (κ1) is 16.9. The molecule has 8 heteroatoms. The van der Waals surface area contributed by atoms with Crippen molar-refractivity contribution in [3.63, 3.8) is 0 Å². The number of rotatable bonds is 5. The van der Waals surface area contributed by atoms with Gasteiger partial charge in [0.1, 0.15) is 16.5 Å². The first-order valence-electron chi connectivity index (χ1n) is 8.02. The third kappa shape index (κ3) is 3.29. The number of imidazole rings is 1. The molecule has 24 heavy (non-hydrogen) atoms. The van der Waals surface area contributed by atoms with E-state index in [1.165, 1.54) is 10.5 Å². The third-order valence-corrected chi connectivity index (χ3v) is 6.02. The monoisotopic (exact) mass is 349 g/mol. The number of aryl methyl sites for hydroxylation is 2. The van der Waals surface area contributed by atoms with E-state index < -0.39 is 10.0 Å². The summed E-state index contributed by atoms with van der Waals surface area (Å²) in [6.45, 7) is 1.23. The molecular weight excluding hydrogens is 326 g/mol. The average molecular weight is 349 g/mol. The van der Waals surface area contributed by atoms with Crippen LogP contribution in [0, 0.1) is 0 Å². The number of aromatic nitrogens is 3. The molecule has 0 atom stereocenters. The highest BCUT2D eigenvalue weighted by Gasteiger charge is 2.23. The van der Waals surface area contributed by atoms with Crippen LogP contribution in [-0.2, 0) is 29.5 Å². The molecule has 0 aromatic carbocycles. The van der Waals surface area contributed by atoms with Crippen molar-refractivity contribution < 1.29 is 8.42 Å². The summed E-state index contributed by atoms with van der Waals surface area (Å²) in [4.78, 5) is 10.8. The summed E-state index contributed by atoms with van der Waals surface area (Å²) in [6.07, 6.45) is 6.63. The zero-order valence-corrected chi connectivity index (χ0v) is 15.1. The van der Waals surface area contributed by atoms with Gasteiger partial charge in [0.15, 0.2) is 0 Å². The minimum absolute atomic E-state index is 0.194. The van der Waals surface area contributed by atoms with Gasteiger partial charge in [-0.3, -0.25) is 0 Å². The molecule has 0 amide bonds. The summed E-state index contributed by atoms with van der Waals surface area (Å²) in [5.41, 5.74) is 0.788. The average Bonchev–Trinajstić information content (AvgIpc) is 2.97. The van der Waals surface area contributed by atoms with E-state index >= 15 is 0 Å². The zero-order valence-electron chi connectivity index (χ0n) is 14.3. The highest BCUT2D eigenvalue weighted by molar-refractivity contribution is 7.89. The van der Waals surface area contributed by atoms with Crippen LogP contribution in [0.3, 0.4) is 0 Å². The van der Waals surface area contributed by atoms with Crippen molar-refractivity contribution in [2.24, 2.45) is 0 Å². The van der Waals surface area contributed by atoms with Crippen LogP contribution < -0.4 is 4.90 Å². The molecule has 7 nitrogen and oxygen atoms in total. The number of hydrogen-bond donors (Lipinski definition) is 0. The molecule has 3 rings (SSSR count). The van der Waals surface area contributed by atoms with Gasteiger partial charge in [-0.25, -0.2) is 18.4 Å². The lowest BCUT2D eigenvalue weighted by Gasteiger charge is -2.17. The van der Waals surface area contributed by atoms with Gasteiger partial charge in [-0.1, -0.05) is 0 Å². The second kappa shape index (κ2) is 6.52. The van der Waals surface area contributed by atoms with Crippen molar-refractivity contribution in [2.45, 2.75) is 37.2 Å². The highest BCUT2D eigenvalue weighted by Crippen LogP contribution is 2.20. The molecule has 3 heterocycles. The Kier molecular flexibility index (Phi) is 4.60. The normalized spacial score (nSPS) is 14.7. The second-order valence-corrected chi connectivity index (χ2v) is 8.35. The third-order valence-electron chi connectivity index (χ3n) is 4.23. The standard InChI is InChI=1S/C16H23N5O2S/c1-19(2)15-8-7-14(10-17-15)24(22,23)20(3)11-13-12-21-9-5-4-6-16(21)18-13/h7-8,10,12H,4-6,9,11H2,1-3H3. The Morgan fingerprint density at radius 2 is 2.00 bits per heavy atom. The van der Waals surface area contributed by atoms with E-state index in [0.717, 1.165) is 43.1 Å². The predicted octanol–water partition coefficient (Wildman–Crippen LogP) is 1.50. The molecule has 0 aliphatic carbocycles. The summed E-state index contributed by atoms with van der Waals surface area (Å²) in [7, 11) is 1.73. The molecule has 0 N–H and O–H groups in total. The van der Waals surface area contributed by atoms with Crippen LogP contribution in [0.2, 0.25) is 0 Å². The van der Waals surface area contributed by atoms with Crippen LogP contribution >= 0.6 is 0 Å². The van der Waals surface area contributed by atoms with Gasteiger partial charge in [-0.15, -0.1) is 0 Å².